The first-order valence-corrected chi connectivity index (χ1v) is 13.1. The molecule has 1 fully saturated rings. The summed E-state index contributed by atoms with van der Waals surface area (Å²) in [6.07, 6.45) is 0. The predicted molar refractivity (Wildman–Crippen MR) is 132 cm³/mol. The molecule has 1 unspecified atom stereocenters. The van der Waals surface area contributed by atoms with Crippen LogP contribution in [0.3, 0.4) is 0 Å². The molecule has 4 rings (SSSR count). The van der Waals surface area contributed by atoms with Crippen molar-refractivity contribution in [2.24, 2.45) is 12.2 Å². The Labute approximate surface area is 216 Å². The average molecular weight is 552 g/mol. The summed E-state index contributed by atoms with van der Waals surface area (Å²) < 4.78 is 1.62. The molecule has 1 saturated heterocycles. The van der Waals surface area contributed by atoms with Gasteiger partial charge in [0.25, 0.3) is 11.8 Å². The van der Waals surface area contributed by atoms with E-state index in [2.05, 4.69) is 20.4 Å². The number of carbonyl (C=O) groups is 3. The van der Waals surface area contributed by atoms with Crippen molar-refractivity contribution >= 4 is 75.1 Å². The maximum Gasteiger partial charge on any atom is 0.301 e. The average Bonchev–Trinajstić information content (AvgIpc) is 3.26. The number of carbonyl (C=O) groups excluding carboxylic acids is 3. The molecule has 17 heteroatoms. The maximum atomic E-state index is 12.9. The van der Waals surface area contributed by atoms with Crippen LogP contribution >= 0.6 is 34.9 Å². The summed E-state index contributed by atoms with van der Waals surface area (Å²) in [7, 11) is 2.97. The number of nitrogens with two attached hydrogens (primary N) is 3. The molecule has 0 bridgehead atoms. The zero-order valence-electron chi connectivity index (χ0n) is 19.0. The van der Waals surface area contributed by atoms with Crippen LogP contribution in [0.25, 0.3) is 0 Å². The number of oxime groups is 1. The van der Waals surface area contributed by atoms with Crippen molar-refractivity contribution in [3.63, 3.8) is 0 Å². The van der Waals surface area contributed by atoms with Gasteiger partial charge in [0.15, 0.2) is 10.8 Å². The van der Waals surface area contributed by atoms with Gasteiger partial charge in [-0.3, -0.25) is 14.5 Å². The highest BCUT2D eigenvalue weighted by atomic mass is 32.2. The number of thioether (sulfide) groups is 2. The standard InChI is InChI=1S/C19H21N9O5S3/c1-27-10(21)3-9(20)24-19(27)36-5-7-4-34-16-12(15(30)28(16)13(7)17(31)32)25-14(29)11(26-33-2)8-6-35-18(22)23-8/h3,6,12,16H,4-5H2,1-2H3,(H7,20,21,22,23,25,29,31,32)/b26-11-/t12?,16-/m1/s1. The Kier molecular flexibility index (Phi) is 7.23. The van der Waals surface area contributed by atoms with Crippen molar-refractivity contribution in [1.82, 2.24) is 20.2 Å². The smallest absolute Gasteiger partial charge is 0.301 e. The van der Waals surface area contributed by atoms with Crippen LogP contribution in [0.15, 0.2) is 33.0 Å². The van der Waals surface area contributed by atoms with Gasteiger partial charge in [0.1, 0.15) is 24.2 Å². The number of nitrogen functional groups attached to an aromatic ring is 3. The number of anilines is 3. The number of β-lactam (4-membered cyclic amide) rings is 1. The van der Waals surface area contributed by atoms with Gasteiger partial charge < -0.3 is 37.3 Å². The first kappa shape index (κ1) is 25.5. The maximum absolute atomic E-state index is 12.9. The zero-order valence-corrected chi connectivity index (χ0v) is 21.4. The number of nitrogens with zero attached hydrogens (tertiary/aromatic N) is 5. The lowest BCUT2D eigenvalue weighted by Crippen LogP contribution is -2.71. The molecular weight excluding hydrogens is 530 g/mol. The number of thiazole rings is 1. The molecule has 0 saturated carbocycles. The van der Waals surface area contributed by atoms with Crippen LogP contribution < -0.4 is 32.2 Å². The second-order valence-corrected chi connectivity index (χ2v) is 10.5. The topological polar surface area (TPSA) is 219 Å². The molecule has 2 aliphatic rings. The Bertz CT molecular complexity index is 1310. The Morgan fingerprint density at radius 1 is 1.39 bits per heavy atom. The molecule has 2 aromatic heterocycles. The van der Waals surface area contributed by atoms with Gasteiger partial charge in [0, 0.05) is 16.9 Å². The summed E-state index contributed by atoms with van der Waals surface area (Å²) in [5, 5.41) is 19.9. The Hall–Kier alpha value is -3.57. The molecule has 0 aromatic carbocycles. The zero-order chi connectivity index (χ0) is 26.1. The van der Waals surface area contributed by atoms with Gasteiger partial charge in [-0.1, -0.05) is 10.1 Å². The minimum Gasteiger partial charge on any atom is -0.543 e. The van der Waals surface area contributed by atoms with Crippen molar-refractivity contribution in [3.05, 3.63) is 28.4 Å². The molecule has 2 atom stereocenters. The Balaban J connectivity index is 1.51. The number of carboxylic acids is 1. The third-order valence-corrected chi connectivity index (χ3v) is 8.39. The lowest BCUT2D eigenvalue weighted by Gasteiger charge is -2.50. The molecule has 2 aromatic rings. The summed E-state index contributed by atoms with van der Waals surface area (Å²) in [4.78, 5) is 51.9. The normalized spacial score (nSPS) is 19.6. The second-order valence-electron chi connectivity index (χ2n) is 7.53. The van der Waals surface area contributed by atoms with Crippen molar-refractivity contribution in [2.75, 3.05) is 35.8 Å². The summed E-state index contributed by atoms with van der Waals surface area (Å²) in [6, 6.07) is 0.535. The van der Waals surface area contributed by atoms with E-state index < -0.39 is 29.2 Å². The van der Waals surface area contributed by atoms with E-state index in [9.17, 15) is 19.5 Å². The highest BCUT2D eigenvalue weighted by Crippen LogP contribution is 2.41. The highest BCUT2D eigenvalue weighted by Gasteiger charge is 2.53. The van der Waals surface area contributed by atoms with E-state index in [0.29, 0.717) is 22.3 Å². The van der Waals surface area contributed by atoms with Crippen LogP contribution in [0.1, 0.15) is 5.69 Å². The third-order valence-electron chi connectivity index (χ3n) is 5.26. The van der Waals surface area contributed by atoms with E-state index in [0.717, 1.165) is 16.2 Å². The Morgan fingerprint density at radius 3 is 2.78 bits per heavy atom. The van der Waals surface area contributed by atoms with E-state index in [4.69, 9.17) is 22.0 Å². The summed E-state index contributed by atoms with van der Waals surface area (Å²) in [5.74, 6) is -1.66. The van der Waals surface area contributed by atoms with Crippen molar-refractivity contribution in [3.8, 4) is 0 Å². The quantitative estimate of drug-likeness (QED) is 0.0677. The number of nitrogens with one attached hydrogen (secondary N) is 1. The number of fused-ring (bicyclic) bond motifs is 1. The second kappa shape index (κ2) is 10.2. The van der Waals surface area contributed by atoms with Gasteiger partial charge in [-0.15, -0.1) is 23.1 Å². The molecule has 4 heterocycles. The fraction of sp³-hybridized carbons (Fsp3) is 0.316. The fourth-order valence-corrected chi connectivity index (χ4v) is 6.58. The van der Waals surface area contributed by atoms with Crippen molar-refractivity contribution in [1.29, 1.82) is 0 Å². The number of hydrogen-bond donors (Lipinski definition) is 4. The first-order valence-electron chi connectivity index (χ1n) is 10.2. The number of carboxylic acid groups (broad SMARTS) is 1. The van der Waals surface area contributed by atoms with Gasteiger partial charge in [-0.05, 0) is 17.3 Å². The van der Waals surface area contributed by atoms with E-state index >= 15 is 0 Å². The SMILES string of the molecule is CO/N=C(\C(=O)NC1C(=O)N2C(C(=O)[O-])=C(CSc3nc(N)cc(N)[n+]3C)CS[C@H]12)c1csc(N)n1. The number of aromatic nitrogens is 3. The summed E-state index contributed by atoms with van der Waals surface area (Å²) in [5.41, 5.74) is 17.6. The van der Waals surface area contributed by atoms with Crippen molar-refractivity contribution in [2.45, 2.75) is 16.6 Å². The molecule has 0 aliphatic carbocycles. The van der Waals surface area contributed by atoms with Crippen molar-refractivity contribution < 1.29 is 28.9 Å². The molecule has 2 aliphatic heterocycles. The van der Waals surface area contributed by atoms with Crippen LogP contribution in [0.4, 0.5) is 16.8 Å². The molecule has 36 heavy (non-hydrogen) atoms. The van der Waals surface area contributed by atoms with Gasteiger partial charge >= 0.3 is 5.16 Å². The van der Waals surface area contributed by atoms with Crippen LogP contribution in [0, 0.1) is 0 Å². The molecule has 190 valence electrons. The van der Waals surface area contributed by atoms with E-state index in [1.165, 1.54) is 42.1 Å². The molecular formula is C19H21N9O5S3. The lowest BCUT2D eigenvalue weighted by molar-refractivity contribution is -0.698. The number of hydrogen-bond acceptors (Lipinski definition) is 14. The van der Waals surface area contributed by atoms with E-state index in [1.807, 2.05) is 0 Å². The molecule has 0 spiro atoms. The highest BCUT2D eigenvalue weighted by molar-refractivity contribution is 8.01. The van der Waals surface area contributed by atoms with Crippen LogP contribution in [-0.2, 0) is 26.3 Å². The van der Waals surface area contributed by atoms with E-state index in [1.54, 1.807) is 11.6 Å². The van der Waals surface area contributed by atoms with Gasteiger partial charge in [0.05, 0.1) is 24.8 Å². The Morgan fingerprint density at radius 2 is 2.14 bits per heavy atom. The number of aliphatic carboxylic acids is 1. The number of rotatable bonds is 8. The summed E-state index contributed by atoms with van der Waals surface area (Å²) >= 11 is 3.65. The summed E-state index contributed by atoms with van der Waals surface area (Å²) in [6.45, 7) is 0. The van der Waals surface area contributed by atoms with Gasteiger partial charge in [0.2, 0.25) is 11.6 Å². The minimum absolute atomic E-state index is 0.160. The molecule has 14 nitrogen and oxygen atoms in total. The third kappa shape index (κ3) is 4.76. The first-order chi connectivity index (χ1) is 17.1. The molecule has 2 amide bonds. The van der Waals surface area contributed by atoms with Crippen LogP contribution in [0.5, 0.6) is 0 Å². The predicted octanol–water partition coefficient (Wildman–Crippen LogP) is -2.34. The fourth-order valence-electron chi connectivity index (χ4n) is 3.54. The molecule has 0 radical (unpaired) electrons. The largest absolute Gasteiger partial charge is 0.543 e. The molecule has 7 N–H and O–H groups in total. The minimum atomic E-state index is -1.49. The van der Waals surface area contributed by atoms with Crippen LogP contribution in [-0.4, -0.2) is 68.4 Å². The monoisotopic (exact) mass is 551 g/mol. The lowest BCUT2D eigenvalue weighted by atomic mass is 10.0. The van der Waals surface area contributed by atoms with Gasteiger partial charge in [-0.25, -0.2) is 9.55 Å². The van der Waals surface area contributed by atoms with E-state index in [-0.39, 0.29) is 33.8 Å². The van der Waals surface area contributed by atoms with Gasteiger partial charge in [-0.2, -0.15) is 0 Å². The number of amides is 2. The van der Waals surface area contributed by atoms with Crippen LogP contribution in [0.2, 0.25) is 0 Å².